The summed E-state index contributed by atoms with van der Waals surface area (Å²) in [6.45, 7) is 6.77. The summed E-state index contributed by atoms with van der Waals surface area (Å²) in [7, 11) is 2.52. The van der Waals surface area contributed by atoms with Crippen LogP contribution in [0.4, 0.5) is 0 Å². The van der Waals surface area contributed by atoms with E-state index in [9.17, 15) is 0 Å². The molecule has 1 heterocycles. The van der Waals surface area contributed by atoms with Gasteiger partial charge in [0.2, 0.25) is 0 Å². The zero-order chi connectivity index (χ0) is 15.1. The first-order chi connectivity index (χ1) is 9.55. The Morgan fingerprint density at radius 3 is 2.15 bits per heavy atom. The molecule has 0 N–H and O–H groups in total. The van der Waals surface area contributed by atoms with Crippen molar-refractivity contribution in [2.75, 3.05) is 41.2 Å². The van der Waals surface area contributed by atoms with E-state index in [0.29, 0.717) is 0 Å². The Labute approximate surface area is 124 Å². The van der Waals surface area contributed by atoms with Crippen molar-refractivity contribution in [2.45, 2.75) is 45.3 Å². The maximum atomic E-state index is 6.03. The average molecular weight is 306 g/mol. The van der Waals surface area contributed by atoms with E-state index in [1.807, 2.05) is 0 Å². The van der Waals surface area contributed by atoms with Crippen molar-refractivity contribution in [3.63, 3.8) is 0 Å². The minimum absolute atomic E-state index is 0.159. The third-order valence-corrected chi connectivity index (χ3v) is 6.88. The Balaban J connectivity index is 2.45. The van der Waals surface area contributed by atoms with Gasteiger partial charge >= 0.3 is 8.80 Å². The highest BCUT2D eigenvalue weighted by molar-refractivity contribution is 6.60. The summed E-state index contributed by atoms with van der Waals surface area (Å²) in [4.78, 5) is 0. The third kappa shape index (κ3) is 4.51. The summed E-state index contributed by atoms with van der Waals surface area (Å²) >= 11 is 0. The van der Waals surface area contributed by atoms with E-state index in [1.54, 1.807) is 21.3 Å². The summed E-state index contributed by atoms with van der Waals surface area (Å²) in [5.74, 6) is 0. The van der Waals surface area contributed by atoms with Crippen LogP contribution in [0.1, 0.15) is 33.1 Å². The molecule has 1 aliphatic rings. The van der Waals surface area contributed by atoms with E-state index in [4.69, 9.17) is 22.8 Å². The Morgan fingerprint density at radius 1 is 1.15 bits per heavy atom. The van der Waals surface area contributed by atoms with E-state index in [1.165, 1.54) is 0 Å². The molecule has 0 radical (unpaired) electrons. The lowest BCUT2D eigenvalue weighted by Crippen LogP contribution is -2.50. The smallest absolute Gasteiger partial charge is 0.380 e. The Bertz CT molecular complexity index is 258. The molecule has 0 aromatic carbocycles. The van der Waals surface area contributed by atoms with Crippen molar-refractivity contribution in [3.05, 3.63) is 0 Å². The number of ether oxygens (including phenoxy) is 2. The van der Waals surface area contributed by atoms with E-state index < -0.39 is 8.80 Å². The summed E-state index contributed by atoms with van der Waals surface area (Å²) in [6, 6.07) is 0.819. The summed E-state index contributed by atoms with van der Waals surface area (Å²) in [5, 5.41) is 0. The van der Waals surface area contributed by atoms with Crippen LogP contribution in [0.25, 0.3) is 0 Å². The topological polar surface area (TPSA) is 46.2 Å². The standard InChI is InChI=1S/C14H30O5Si/c1-6-9-19-13(14(2)11-18-12-14)8-7-10-20(15-3,16-4)17-5/h13H,6-12H2,1-5H3. The lowest BCUT2D eigenvalue weighted by Gasteiger charge is -2.44. The van der Waals surface area contributed by atoms with Gasteiger partial charge in [0.15, 0.2) is 0 Å². The zero-order valence-corrected chi connectivity index (χ0v) is 14.6. The van der Waals surface area contributed by atoms with Gasteiger partial charge in [0, 0.05) is 39.4 Å². The fourth-order valence-corrected chi connectivity index (χ4v) is 4.31. The van der Waals surface area contributed by atoms with Crippen LogP contribution in [0, 0.1) is 5.41 Å². The maximum Gasteiger partial charge on any atom is 0.500 e. The summed E-state index contributed by atoms with van der Waals surface area (Å²) in [6.07, 6.45) is 3.25. The lowest BCUT2D eigenvalue weighted by atomic mass is 9.80. The molecule has 0 amide bonds. The molecule has 5 nitrogen and oxygen atoms in total. The molecule has 0 aromatic rings. The minimum Gasteiger partial charge on any atom is -0.380 e. The number of hydrogen-bond acceptors (Lipinski definition) is 5. The first-order valence-electron chi connectivity index (χ1n) is 7.40. The SMILES string of the molecule is CCCOC(CCC[Si](OC)(OC)OC)C1(C)COC1. The minimum atomic E-state index is -2.45. The predicted octanol–water partition coefficient (Wildman–Crippen LogP) is 2.48. The van der Waals surface area contributed by atoms with Gasteiger partial charge in [-0.15, -0.1) is 0 Å². The Hall–Kier alpha value is 0.0169. The first-order valence-corrected chi connectivity index (χ1v) is 9.34. The van der Waals surface area contributed by atoms with Gasteiger partial charge in [-0.1, -0.05) is 13.8 Å². The van der Waals surface area contributed by atoms with Gasteiger partial charge in [0.25, 0.3) is 0 Å². The molecule has 0 saturated carbocycles. The van der Waals surface area contributed by atoms with Crippen molar-refractivity contribution < 1.29 is 22.8 Å². The maximum absolute atomic E-state index is 6.03. The second-order valence-corrected chi connectivity index (χ2v) is 8.78. The van der Waals surface area contributed by atoms with Crippen LogP contribution in [-0.4, -0.2) is 56.1 Å². The van der Waals surface area contributed by atoms with Gasteiger partial charge in [0.1, 0.15) is 0 Å². The number of rotatable bonds is 11. The monoisotopic (exact) mass is 306 g/mol. The average Bonchev–Trinajstić information content (AvgIpc) is 2.45. The molecule has 1 saturated heterocycles. The third-order valence-electron chi connectivity index (χ3n) is 4.05. The quantitative estimate of drug-likeness (QED) is 0.549. The second-order valence-electron chi connectivity index (χ2n) is 5.69. The van der Waals surface area contributed by atoms with Crippen molar-refractivity contribution >= 4 is 8.80 Å². The normalized spacial score (nSPS) is 19.6. The lowest BCUT2D eigenvalue weighted by molar-refractivity contribution is -0.179. The van der Waals surface area contributed by atoms with E-state index >= 15 is 0 Å². The molecule has 0 bridgehead atoms. The van der Waals surface area contributed by atoms with Crippen LogP contribution in [0.15, 0.2) is 0 Å². The molecule has 120 valence electrons. The molecule has 1 fully saturated rings. The van der Waals surface area contributed by atoms with Gasteiger partial charge in [-0.25, -0.2) is 0 Å². The van der Waals surface area contributed by atoms with Crippen LogP contribution in [0.2, 0.25) is 6.04 Å². The van der Waals surface area contributed by atoms with Gasteiger partial charge in [-0.2, -0.15) is 0 Å². The number of hydrogen-bond donors (Lipinski definition) is 0. The van der Waals surface area contributed by atoms with Crippen molar-refractivity contribution in [2.24, 2.45) is 5.41 Å². The van der Waals surface area contributed by atoms with E-state index in [-0.39, 0.29) is 11.5 Å². The largest absolute Gasteiger partial charge is 0.500 e. The Morgan fingerprint density at radius 2 is 1.75 bits per heavy atom. The van der Waals surface area contributed by atoms with Gasteiger partial charge in [0.05, 0.1) is 19.3 Å². The summed E-state index contributed by atoms with van der Waals surface area (Å²) in [5.41, 5.74) is 0.159. The van der Waals surface area contributed by atoms with Crippen LogP contribution in [0.5, 0.6) is 0 Å². The summed E-state index contributed by atoms with van der Waals surface area (Å²) < 4.78 is 27.8. The van der Waals surface area contributed by atoms with E-state index in [2.05, 4.69) is 13.8 Å². The predicted molar refractivity (Wildman–Crippen MR) is 79.8 cm³/mol. The zero-order valence-electron chi connectivity index (χ0n) is 13.6. The molecule has 0 aromatic heterocycles. The molecular weight excluding hydrogens is 276 g/mol. The highest BCUT2D eigenvalue weighted by Gasteiger charge is 2.43. The van der Waals surface area contributed by atoms with Crippen LogP contribution in [0.3, 0.4) is 0 Å². The van der Waals surface area contributed by atoms with Crippen LogP contribution < -0.4 is 0 Å². The second kappa shape index (κ2) is 8.46. The van der Waals surface area contributed by atoms with Gasteiger partial charge in [-0.3, -0.25) is 0 Å². The van der Waals surface area contributed by atoms with Crippen LogP contribution in [-0.2, 0) is 22.8 Å². The van der Waals surface area contributed by atoms with Crippen LogP contribution >= 0.6 is 0 Å². The van der Waals surface area contributed by atoms with Crippen molar-refractivity contribution in [3.8, 4) is 0 Å². The fourth-order valence-electron chi connectivity index (χ4n) is 2.56. The molecular formula is C14H30O5Si. The molecule has 0 aliphatic carbocycles. The van der Waals surface area contributed by atoms with E-state index in [0.717, 1.165) is 45.1 Å². The molecule has 1 rings (SSSR count). The molecule has 1 unspecified atom stereocenters. The van der Waals surface area contributed by atoms with Gasteiger partial charge < -0.3 is 22.8 Å². The molecule has 6 heteroatoms. The van der Waals surface area contributed by atoms with Gasteiger partial charge in [-0.05, 0) is 19.3 Å². The highest BCUT2D eigenvalue weighted by atomic mass is 28.4. The van der Waals surface area contributed by atoms with Crippen molar-refractivity contribution in [1.82, 2.24) is 0 Å². The fraction of sp³-hybridized carbons (Fsp3) is 1.00. The molecule has 1 atom stereocenters. The van der Waals surface area contributed by atoms with Crippen molar-refractivity contribution in [1.29, 1.82) is 0 Å². The Kier molecular flexibility index (Phi) is 7.64. The highest BCUT2D eigenvalue weighted by Crippen LogP contribution is 2.36. The molecule has 0 spiro atoms. The molecule has 20 heavy (non-hydrogen) atoms. The first kappa shape index (κ1) is 18.1. The molecule has 1 aliphatic heterocycles.